The summed E-state index contributed by atoms with van der Waals surface area (Å²) in [6.07, 6.45) is 3.31. The Bertz CT molecular complexity index is 852. The van der Waals surface area contributed by atoms with Crippen molar-refractivity contribution in [3.05, 3.63) is 69.4 Å². The van der Waals surface area contributed by atoms with Crippen LogP contribution < -0.4 is 10.1 Å². The van der Waals surface area contributed by atoms with E-state index in [0.29, 0.717) is 33.6 Å². The summed E-state index contributed by atoms with van der Waals surface area (Å²) in [6.45, 7) is 2.10. The Kier molecular flexibility index (Phi) is 5.08. The van der Waals surface area contributed by atoms with E-state index in [-0.39, 0.29) is 5.91 Å². The van der Waals surface area contributed by atoms with Crippen LogP contribution >= 0.6 is 22.9 Å². The van der Waals surface area contributed by atoms with E-state index in [4.69, 9.17) is 16.3 Å². The van der Waals surface area contributed by atoms with Crippen molar-refractivity contribution in [3.63, 3.8) is 0 Å². The van der Waals surface area contributed by atoms with Crippen LogP contribution in [0.15, 0.2) is 48.8 Å². The van der Waals surface area contributed by atoms with Gasteiger partial charge in [0.05, 0.1) is 11.9 Å². The topological polar surface area (TPSA) is 64.1 Å². The molecule has 5 nitrogen and oxygen atoms in total. The van der Waals surface area contributed by atoms with Crippen molar-refractivity contribution in [1.82, 2.24) is 9.97 Å². The van der Waals surface area contributed by atoms with Gasteiger partial charge in [0.2, 0.25) is 0 Å². The van der Waals surface area contributed by atoms with Gasteiger partial charge in [0.25, 0.3) is 5.91 Å². The molecule has 0 bridgehead atoms. The van der Waals surface area contributed by atoms with Gasteiger partial charge in [-0.05, 0) is 37.3 Å². The van der Waals surface area contributed by atoms with Gasteiger partial charge in [-0.25, -0.2) is 4.98 Å². The van der Waals surface area contributed by atoms with Gasteiger partial charge in [0.1, 0.15) is 22.2 Å². The lowest BCUT2D eigenvalue weighted by Crippen LogP contribution is -2.11. The number of nitrogens with zero attached hydrogens (tertiary/aromatic N) is 2. The lowest BCUT2D eigenvalue weighted by atomic mass is 10.3. The first-order chi connectivity index (χ1) is 11.6. The molecule has 0 saturated heterocycles. The molecule has 7 heteroatoms. The summed E-state index contributed by atoms with van der Waals surface area (Å²) in [5.41, 5.74) is 1.32. The fourth-order valence-electron chi connectivity index (χ4n) is 2.06. The van der Waals surface area contributed by atoms with Gasteiger partial charge in [-0.3, -0.25) is 9.78 Å². The molecule has 1 aromatic carbocycles. The maximum absolute atomic E-state index is 12.4. The minimum atomic E-state index is -0.208. The summed E-state index contributed by atoms with van der Waals surface area (Å²) in [6, 6.07) is 10.6. The average Bonchev–Trinajstić information content (AvgIpc) is 2.95. The van der Waals surface area contributed by atoms with Crippen LogP contribution in [-0.4, -0.2) is 15.9 Å². The highest BCUT2D eigenvalue weighted by Crippen LogP contribution is 2.22. The van der Waals surface area contributed by atoms with Crippen molar-refractivity contribution in [2.45, 2.75) is 13.5 Å². The van der Waals surface area contributed by atoms with Crippen LogP contribution in [0.3, 0.4) is 0 Å². The second-order valence-electron chi connectivity index (χ2n) is 4.96. The number of nitrogens with one attached hydrogen (secondary N) is 1. The van der Waals surface area contributed by atoms with Crippen molar-refractivity contribution in [2.75, 3.05) is 5.32 Å². The van der Waals surface area contributed by atoms with Gasteiger partial charge in [0.15, 0.2) is 0 Å². The third-order valence-electron chi connectivity index (χ3n) is 3.13. The number of amides is 1. The van der Waals surface area contributed by atoms with Gasteiger partial charge < -0.3 is 10.1 Å². The van der Waals surface area contributed by atoms with Crippen LogP contribution in [-0.2, 0) is 6.61 Å². The molecule has 0 aliphatic heterocycles. The maximum Gasteiger partial charge on any atom is 0.267 e. The van der Waals surface area contributed by atoms with E-state index in [0.717, 1.165) is 5.01 Å². The molecule has 0 radical (unpaired) electrons. The smallest absolute Gasteiger partial charge is 0.267 e. The van der Waals surface area contributed by atoms with Crippen molar-refractivity contribution >= 4 is 34.5 Å². The first-order valence-electron chi connectivity index (χ1n) is 7.18. The van der Waals surface area contributed by atoms with E-state index < -0.39 is 0 Å². The Labute approximate surface area is 148 Å². The molecular formula is C17H14ClN3O2S. The normalized spacial score (nSPS) is 10.4. The number of halogens is 1. The van der Waals surface area contributed by atoms with E-state index in [2.05, 4.69) is 15.3 Å². The molecule has 122 valence electrons. The zero-order chi connectivity index (χ0) is 16.9. The van der Waals surface area contributed by atoms with E-state index >= 15 is 0 Å². The quantitative estimate of drug-likeness (QED) is 0.736. The van der Waals surface area contributed by atoms with Gasteiger partial charge in [-0.2, -0.15) is 0 Å². The molecule has 0 spiro atoms. The number of hydrogen-bond acceptors (Lipinski definition) is 5. The highest BCUT2D eigenvalue weighted by atomic mass is 35.5. The van der Waals surface area contributed by atoms with E-state index in [9.17, 15) is 4.79 Å². The Hall–Kier alpha value is -2.44. The summed E-state index contributed by atoms with van der Waals surface area (Å²) in [7, 11) is 0. The fourth-order valence-corrected chi connectivity index (χ4v) is 3.12. The standard InChI is InChI=1S/C17H14ClN3O2S/c1-11-16(17(22)21-13-5-2-4-12(18)8-13)24-15(20-11)10-23-14-6-3-7-19-9-14/h2-9H,10H2,1H3,(H,21,22). The summed E-state index contributed by atoms with van der Waals surface area (Å²) < 4.78 is 5.61. The number of benzene rings is 1. The van der Waals surface area contributed by atoms with Crippen LogP contribution in [0.5, 0.6) is 5.75 Å². The number of carbonyl (C=O) groups excluding carboxylic acids is 1. The molecular weight excluding hydrogens is 346 g/mol. The van der Waals surface area contributed by atoms with Crippen molar-refractivity contribution in [3.8, 4) is 5.75 Å². The van der Waals surface area contributed by atoms with E-state index in [1.807, 2.05) is 6.07 Å². The molecule has 2 heterocycles. The number of ether oxygens (including phenoxy) is 1. The highest BCUT2D eigenvalue weighted by Gasteiger charge is 2.16. The van der Waals surface area contributed by atoms with Gasteiger partial charge in [0, 0.05) is 16.9 Å². The summed E-state index contributed by atoms with van der Waals surface area (Å²) in [4.78, 5) is 21.3. The number of rotatable bonds is 5. The Balaban J connectivity index is 1.68. The lowest BCUT2D eigenvalue weighted by molar-refractivity contribution is 0.103. The predicted molar refractivity (Wildman–Crippen MR) is 94.8 cm³/mol. The molecule has 3 rings (SSSR count). The van der Waals surface area contributed by atoms with E-state index in [1.54, 1.807) is 49.6 Å². The van der Waals surface area contributed by atoms with Crippen molar-refractivity contribution in [1.29, 1.82) is 0 Å². The molecule has 3 aromatic rings. The van der Waals surface area contributed by atoms with Crippen LogP contribution in [0, 0.1) is 6.92 Å². The minimum Gasteiger partial charge on any atom is -0.485 e. The van der Waals surface area contributed by atoms with Crippen LogP contribution in [0.4, 0.5) is 5.69 Å². The maximum atomic E-state index is 12.4. The Morgan fingerprint density at radius 2 is 2.21 bits per heavy atom. The van der Waals surface area contributed by atoms with Gasteiger partial charge in [-0.1, -0.05) is 17.7 Å². The number of aromatic nitrogens is 2. The molecule has 2 aromatic heterocycles. The zero-order valence-electron chi connectivity index (χ0n) is 12.8. The van der Waals surface area contributed by atoms with Crippen LogP contribution in [0.2, 0.25) is 5.02 Å². The third-order valence-corrected chi connectivity index (χ3v) is 4.49. The number of pyridine rings is 1. The molecule has 0 fully saturated rings. The molecule has 0 atom stereocenters. The van der Waals surface area contributed by atoms with Crippen molar-refractivity contribution < 1.29 is 9.53 Å². The van der Waals surface area contributed by atoms with E-state index in [1.165, 1.54) is 11.3 Å². The molecule has 0 saturated carbocycles. The summed E-state index contributed by atoms with van der Waals surface area (Å²) >= 11 is 7.24. The van der Waals surface area contributed by atoms with Crippen molar-refractivity contribution in [2.24, 2.45) is 0 Å². The summed E-state index contributed by atoms with van der Waals surface area (Å²) in [5.74, 6) is 0.454. The number of hydrogen-bond donors (Lipinski definition) is 1. The second kappa shape index (κ2) is 7.42. The third kappa shape index (κ3) is 4.10. The lowest BCUT2D eigenvalue weighted by Gasteiger charge is -2.04. The molecule has 1 N–H and O–H groups in total. The predicted octanol–water partition coefficient (Wildman–Crippen LogP) is 4.33. The Morgan fingerprint density at radius 1 is 1.33 bits per heavy atom. The highest BCUT2D eigenvalue weighted by molar-refractivity contribution is 7.13. The zero-order valence-corrected chi connectivity index (χ0v) is 14.4. The largest absolute Gasteiger partial charge is 0.485 e. The number of thiazole rings is 1. The molecule has 24 heavy (non-hydrogen) atoms. The first-order valence-corrected chi connectivity index (χ1v) is 8.37. The van der Waals surface area contributed by atoms with Gasteiger partial charge >= 0.3 is 0 Å². The fraction of sp³-hybridized carbons (Fsp3) is 0.118. The molecule has 1 amide bonds. The number of aryl methyl sites for hydroxylation is 1. The second-order valence-corrected chi connectivity index (χ2v) is 6.48. The summed E-state index contributed by atoms with van der Waals surface area (Å²) in [5, 5.41) is 4.12. The SMILES string of the molecule is Cc1nc(COc2cccnc2)sc1C(=O)Nc1cccc(Cl)c1. The monoisotopic (exact) mass is 359 g/mol. The first kappa shape index (κ1) is 16.4. The minimum absolute atomic E-state index is 0.208. The molecule has 0 aliphatic carbocycles. The van der Waals surface area contributed by atoms with Gasteiger partial charge in [-0.15, -0.1) is 11.3 Å². The Morgan fingerprint density at radius 3 is 2.96 bits per heavy atom. The molecule has 0 unspecified atom stereocenters. The number of carbonyl (C=O) groups is 1. The van der Waals surface area contributed by atoms with Crippen LogP contribution in [0.1, 0.15) is 20.4 Å². The average molecular weight is 360 g/mol. The van der Waals surface area contributed by atoms with Crippen LogP contribution in [0.25, 0.3) is 0 Å². The number of anilines is 1. The molecule has 0 aliphatic rings.